The Kier molecular flexibility index (Phi) is 5.43. The molecular weight excluding hydrogens is 382 g/mol. The number of amides is 3. The van der Waals surface area contributed by atoms with Gasteiger partial charge in [0.15, 0.2) is 0 Å². The molecule has 30 heavy (non-hydrogen) atoms. The molecular formula is C23H21N3O4. The summed E-state index contributed by atoms with van der Waals surface area (Å²) < 4.78 is 5.24. The van der Waals surface area contributed by atoms with Gasteiger partial charge in [0.25, 0.3) is 5.91 Å². The first-order valence-electron chi connectivity index (χ1n) is 9.83. The topological polar surface area (TPSA) is 92.5 Å². The number of aryl methyl sites for hydroxylation is 1. The molecule has 152 valence electrons. The lowest BCUT2D eigenvalue weighted by atomic mass is 10.1. The first kappa shape index (κ1) is 19.6. The molecule has 3 aromatic rings. The van der Waals surface area contributed by atoms with E-state index in [2.05, 4.69) is 17.4 Å². The number of nitrogens with one attached hydrogen (secondary N) is 1. The van der Waals surface area contributed by atoms with Crippen molar-refractivity contribution in [3.05, 3.63) is 71.3 Å². The van der Waals surface area contributed by atoms with Crippen LogP contribution in [0, 0.1) is 0 Å². The van der Waals surface area contributed by atoms with Crippen molar-refractivity contribution in [3.63, 3.8) is 0 Å². The van der Waals surface area contributed by atoms with Crippen molar-refractivity contribution in [2.75, 3.05) is 5.32 Å². The Morgan fingerprint density at radius 2 is 1.63 bits per heavy atom. The van der Waals surface area contributed by atoms with E-state index in [1.807, 2.05) is 24.3 Å². The molecule has 7 heteroatoms. The Bertz CT molecular complexity index is 1070. The molecule has 1 aromatic heterocycles. The van der Waals surface area contributed by atoms with Crippen LogP contribution in [0.2, 0.25) is 0 Å². The summed E-state index contributed by atoms with van der Waals surface area (Å²) in [7, 11) is 0. The third-order valence-corrected chi connectivity index (χ3v) is 5.12. The molecule has 0 aliphatic carbocycles. The molecule has 2 aromatic carbocycles. The SMILES string of the molecule is CCc1ccc(-c2cc(NC(=O)c3ccc(CN4C(=O)CCC4=O)cc3)on2)cc1. The number of hydrogen-bond acceptors (Lipinski definition) is 5. The van der Waals surface area contributed by atoms with Crippen molar-refractivity contribution in [1.82, 2.24) is 10.1 Å². The Hall–Kier alpha value is -3.74. The lowest BCUT2D eigenvalue weighted by Crippen LogP contribution is -2.28. The second-order valence-corrected chi connectivity index (χ2v) is 7.15. The van der Waals surface area contributed by atoms with Crippen LogP contribution in [-0.4, -0.2) is 27.8 Å². The molecule has 0 radical (unpaired) electrons. The number of hydrogen-bond donors (Lipinski definition) is 1. The van der Waals surface area contributed by atoms with Crippen molar-refractivity contribution >= 4 is 23.6 Å². The maximum Gasteiger partial charge on any atom is 0.258 e. The van der Waals surface area contributed by atoms with Crippen molar-refractivity contribution in [3.8, 4) is 11.3 Å². The van der Waals surface area contributed by atoms with Crippen LogP contribution in [-0.2, 0) is 22.6 Å². The molecule has 1 N–H and O–H groups in total. The zero-order valence-corrected chi connectivity index (χ0v) is 16.6. The lowest BCUT2D eigenvalue weighted by Gasteiger charge is -2.13. The molecule has 0 unspecified atom stereocenters. The third kappa shape index (κ3) is 4.15. The van der Waals surface area contributed by atoms with Gasteiger partial charge in [-0.15, -0.1) is 0 Å². The largest absolute Gasteiger partial charge is 0.338 e. The number of likely N-dealkylation sites (tertiary alicyclic amines) is 1. The fraction of sp³-hybridized carbons (Fsp3) is 0.217. The van der Waals surface area contributed by atoms with Crippen LogP contribution in [0.4, 0.5) is 5.88 Å². The highest BCUT2D eigenvalue weighted by molar-refractivity contribution is 6.04. The number of imide groups is 1. The van der Waals surface area contributed by atoms with Gasteiger partial charge in [-0.1, -0.05) is 48.5 Å². The highest BCUT2D eigenvalue weighted by atomic mass is 16.5. The second kappa shape index (κ2) is 8.32. The molecule has 3 amide bonds. The molecule has 1 aliphatic rings. The molecule has 2 heterocycles. The maximum atomic E-state index is 12.5. The van der Waals surface area contributed by atoms with E-state index >= 15 is 0 Å². The molecule has 7 nitrogen and oxygen atoms in total. The van der Waals surface area contributed by atoms with Crippen molar-refractivity contribution in [1.29, 1.82) is 0 Å². The van der Waals surface area contributed by atoms with Gasteiger partial charge in [-0.05, 0) is 29.7 Å². The van der Waals surface area contributed by atoms with E-state index in [1.54, 1.807) is 30.3 Å². The highest BCUT2D eigenvalue weighted by Crippen LogP contribution is 2.23. The number of carbonyl (C=O) groups is 3. The van der Waals surface area contributed by atoms with E-state index in [1.165, 1.54) is 10.5 Å². The first-order valence-corrected chi connectivity index (χ1v) is 9.83. The summed E-state index contributed by atoms with van der Waals surface area (Å²) >= 11 is 0. The summed E-state index contributed by atoms with van der Waals surface area (Å²) in [5, 5.41) is 6.71. The highest BCUT2D eigenvalue weighted by Gasteiger charge is 2.28. The zero-order chi connectivity index (χ0) is 21.1. The molecule has 1 saturated heterocycles. The Morgan fingerprint density at radius 1 is 1.00 bits per heavy atom. The average molecular weight is 403 g/mol. The van der Waals surface area contributed by atoms with Crippen LogP contribution in [0.15, 0.2) is 59.1 Å². The second-order valence-electron chi connectivity index (χ2n) is 7.15. The average Bonchev–Trinajstić information content (AvgIpc) is 3.36. The minimum absolute atomic E-state index is 0.160. The Balaban J connectivity index is 1.39. The minimum Gasteiger partial charge on any atom is -0.338 e. The Labute approximate surface area is 173 Å². The Morgan fingerprint density at radius 3 is 2.27 bits per heavy atom. The monoisotopic (exact) mass is 403 g/mol. The van der Waals surface area contributed by atoms with Gasteiger partial charge < -0.3 is 4.52 Å². The van der Waals surface area contributed by atoms with E-state index in [4.69, 9.17) is 4.52 Å². The van der Waals surface area contributed by atoms with Crippen LogP contribution < -0.4 is 5.32 Å². The number of rotatable bonds is 6. The lowest BCUT2D eigenvalue weighted by molar-refractivity contribution is -0.139. The molecule has 4 rings (SSSR count). The van der Waals surface area contributed by atoms with Gasteiger partial charge >= 0.3 is 0 Å². The molecule has 0 atom stereocenters. The molecule has 0 bridgehead atoms. The van der Waals surface area contributed by atoms with Crippen molar-refractivity contribution < 1.29 is 18.9 Å². The van der Waals surface area contributed by atoms with Gasteiger partial charge in [0.1, 0.15) is 5.69 Å². The molecule has 1 fully saturated rings. The van der Waals surface area contributed by atoms with Gasteiger partial charge in [0.2, 0.25) is 17.7 Å². The fourth-order valence-electron chi connectivity index (χ4n) is 3.31. The van der Waals surface area contributed by atoms with Crippen LogP contribution in [0.5, 0.6) is 0 Å². The van der Waals surface area contributed by atoms with E-state index in [9.17, 15) is 14.4 Å². The summed E-state index contributed by atoms with van der Waals surface area (Å²) in [5.74, 6) is -0.398. The zero-order valence-electron chi connectivity index (χ0n) is 16.6. The molecule has 1 aliphatic heterocycles. The fourth-order valence-corrected chi connectivity index (χ4v) is 3.31. The summed E-state index contributed by atoms with van der Waals surface area (Å²) in [6.45, 7) is 2.32. The quantitative estimate of drug-likeness (QED) is 0.632. The van der Waals surface area contributed by atoms with Crippen LogP contribution in [0.3, 0.4) is 0 Å². The van der Waals surface area contributed by atoms with Gasteiger partial charge in [0.05, 0.1) is 6.54 Å². The number of benzene rings is 2. The van der Waals surface area contributed by atoms with Crippen LogP contribution >= 0.6 is 0 Å². The third-order valence-electron chi connectivity index (χ3n) is 5.12. The summed E-state index contributed by atoms with van der Waals surface area (Å²) in [6.07, 6.45) is 1.49. The summed E-state index contributed by atoms with van der Waals surface area (Å²) in [6, 6.07) is 16.4. The van der Waals surface area contributed by atoms with E-state index < -0.39 is 0 Å². The molecule has 0 spiro atoms. The molecule has 0 saturated carbocycles. The van der Waals surface area contributed by atoms with Crippen LogP contribution in [0.1, 0.15) is 41.3 Å². The van der Waals surface area contributed by atoms with Gasteiger partial charge in [-0.2, -0.15) is 0 Å². The summed E-state index contributed by atoms with van der Waals surface area (Å²) in [5.41, 5.74) is 4.00. The predicted molar refractivity (Wildman–Crippen MR) is 111 cm³/mol. The van der Waals surface area contributed by atoms with Crippen molar-refractivity contribution in [2.45, 2.75) is 32.7 Å². The summed E-state index contributed by atoms with van der Waals surface area (Å²) in [4.78, 5) is 37.2. The van der Waals surface area contributed by atoms with Gasteiger partial charge in [-0.25, -0.2) is 0 Å². The first-order chi connectivity index (χ1) is 14.5. The maximum absolute atomic E-state index is 12.5. The van der Waals surface area contributed by atoms with E-state index in [-0.39, 0.29) is 43.0 Å². The normalized spacial score (nSPS) is 13.7. The van der Waals surface area contributed by atoms with E-state index in [0.717, 1.165) is 17.5 Å². The number of anilines is 1. The predicted octanol–water partition coefficient (Wildman–Crippen LogP) is 3.81. The van der Waals surface area contributed by atoms with Crippen molar-refractivity contribution in [2.24, 2.45) is 0 Å². The number of nitrogens with zero attached hydrogens (tertiary/aromatic N) is 2. The smallest absolute Gasteiger partial charge is 0.258 e. The van der Waals surface area contributed by atoms with Gasteiger partial charge in [-0.3, -0.25) is 24.6 Å². The van der Waals surface area contributed by atoms with E-state index in [0.29, 0.717) is 11.3 Å². The number of aromatic nitrogens is 1. The standard InChI is InChI=1S/C23H21N3O4/c1-2-15-3-7-17(8-4-15)19-13-20(30-25-19)24-23(29)18-9-5-16(6-10-18)14-26-21(27)11-12-22(26)28/h3-10,13H,2,11-12,14H2,1H3,(H,24,29). The minimum atomic E-state index is -0.334. The van der Waals surface area contributed by atoms with Crippen LogP contribution in [0.25, 0.3) is 11.3 Å². The van der Waals surface area contributed by atoms with Gasteiger partial charge in [0, 0.05) is 30.0 Å². The number of carbonyl (C=O) groups excluding carboxylic acids is 3.